The summed E-state index contributed by atoms with van der Waals surface area (Å²) in [6.07, 6.45) is 3.21. The first-order valence-corrected chi connectivity index (χ1v) is 12.7. The molecule has 2 aromatic carbocycles. The van der Waals surface area contributed by atoms with Gasteiger partial charge in [0, 0.05) is 36.8 Å². The second-order valence-corrected chi connectivity index (χ2v) is 10.7. The maximum atomic E-state index is 14.8. The van der Waals surface area contributed by atoms with Crippen LogP contribution in [0.4, 0.5) is 4.39 Å². The summed E-state index contributed by atoms with van der Waals surface area (Å²) in [5.74, 6) is -0.752. The number of amides is 1. The molecule has 3 aromatic rings. The highest BCUT2D eigenvalue weighted by molar-refractivity contribution is 7.89. The third-order valence-electron chi connectivity index (χ3n) is 6.46. The molecule has 1 aromatic heterocycles. The normalized spacial score (nSPS) is 15.8. The van der Waals surface area contributed by atoms with Crippen LogP contribution in [0.25, 0.3) is 22.0 Å². The Balaban J connectivity index is 1.77. The SMILES string of the molecule is CCS(=O)(=O)N1CCC(c2c[nH]c3c(C(N)=O)cc(-c4cc(CNC)ccc4F)cc23)CC1. The maximum absolute atomic E-state index is 14.8. The first-order chi connectivity index (χ1) is 15.7. The number of hydrogen-bond acceptors (Lipinski definition) is 4. The van der Waals surface area contributed by atoms with Crippen LogP contribution in [0.15, 0.2) is 36.5 Å². The van der Waals surface area contributed by atoms with Gasteiger partial charge in [-0.05, 0) is 73.7 Å². The summed E-state index contributed by atoms with van der Waals surface area (Å²) in [5.41, 5.74) is 9.51. The van der Waals surface area contributed by atoms with Gasteiger partial charge in [-0.15, -0.1) is 0 Å². The molecule has 9 heteroatoms. The number of hydrogen-bond donors (Lipinski definition) is 3. The number of carbonyl (C=O) groups excluding carboxylic acids is 1. The predicted molar refractivity (Wildman–Crippen MR) is 128 cm³/mol. The molecular formula is C24H29FN4O3S. The van der Waals surface area contributed by atoms with Crippen LogP contribution in [0.2, 0.25) is 0 Å². The minimum Gasteiger partial charge on any atom is -0.366 e. The van der Waals surface area contributed by atoms with Crippen molar-refractivity contribution in [1.29, 1.82) is 0 Å². The minimum atomic E-state index is -3.21. The lowest BCUT2D eigenvalue weighted by molar-refractivity contribution is 0.100. The van der Waals surface area contributed by atoms with Gasteiger partial charge in [0.1, 0.15) is 5.82 Å². The average molecular weight is 473 g/mol. The Hall–Kier alpha value is -2.75. The molecule has 0 unspecified atom stereocenters. The van der Waals surface area contributed by atoms with E-state index in [0.717, 1.165) is 16.5 Å². The summed E-state index contributed by atoms with van der Waals surface area (Å²) < 4.78 is 40.8. The lowest BCUT2D eigenvalue weighted by Crippen LogP contribution is -2.38. The molecule has 2 heterocycles. The van der Waals surface area contributed by atoms with Crippen LogP contribution in [0, 0.1) is 5.82 Å². The Labute approximate surface area is 193 Å². The van der Waals surface area contributed by atoms with Gasteiger partial charge >= 0.3 is 0 Å². The highest BCUT2D eigenvalue weighted by atomic mass is 32.2. The zero-order chi connectivity index (χ0) is 23.8. The number of carbonyl (C=O) groups is 1. The molecule has 1 aliphatic heterocycles. The topological polar surface area (TPSA) is 108 Å². The number of H-pyrrole nitrogens is 1. The summed E-state index contributed by atoms with van der Waals surface area (Å²) in [6, 6.07) is 8.45. The number of aromatic amines is 1. The molecule has 1 saturated heterocycles. The van der Waals surface area contributed by atoms with Gasteiger partial charge in [-0.25, -0.2) is 17.1 Å². The second-order valence-electron chi connectivity index (χ2n) is 8.47. The van der Waals surface area contributed by atoms with E-state index in [4.69, 9.17) is 5.73 Å². The van der Waals surface area contributed by atoms with Crippen LogP contribution in [0.1, 0.15) is 47.2 Å². The molecule has 1 amide bonds. The molecule has 0 saturated carbocycles. The van der Waals surface area contributed by atoms with Gasteiger partial charge in [-0.1, -0.05) is 6.07 Å². The molecule has 0 radical (unpaired) electrons. The van der Waals surface area contributed by atoms with E-state index in [1.807, 2.05) is 19.3 Å². The Bertz CT molecular complexity index is 1290. The molecule has 0 aliphatic carbocycles. The lowest BCUT2D eigenvalue weighted by atomic mass is 9.88. The Morgan fingerprint density at radius 2 is 1.97 bits per heavy atom. The van der Waals surface area contributed by atoms with E-state index in [-0.39, 0.29) is 17.5 Å². The molecule has 33 heavy (non-hydrogen) atoms. The van der Waals surface area contributed by atoms with Crippen molar-refractivity contribution in [2.24, 2.45) is 5.73 Å². The summed E-state index contributed by atoms with van der Waals surface area (Å²) in [7, 11) is -1.39. The predicted octanol–water partition coefficient (Wildman–Crippen LogP) is 3.32. The Morgan fingerprint density at radius 1 is 1.24 bits per heavy atom. The fourth-order valence-electron chi connectivity index (χ4n) is 4.68. The monoisotopic (exact) mass is 472 g/mol. The number of primary amides is 1. The van der Waals surface area contributed by atoms with Crippen LogP contribution in [-0.4, -0.2) is 49.5 Å². The van der Waals surface area contributed by atoms with Crippen LogP contribution in [-0.2, 0) is 16.6 Å². The molecule has 176 valence electrons. The van der Waals surface area contributed by atoms with Gasteiger partial charge < -0.3 is 16.0 Å². The first-order valence-electron chi connectivity index (χ1n) is 11.1. The largest absolute Gasteiger partial charge is 0.366 e. The standard InChI is InChI=1S/C24H29FN4O3S/c1-3-33(31,32)29-8-6-16(7-9-29)21-14-28-23-19(21)11-17(12-20(23)24(26)30)18-10-15(13-27-2)4-5-22(18)25/h4-5,10-12,14,16,27-28H,3,6-9,13H2,1-2H3,(H2,26,30). The lowest BCUT2D eigenvalue weighted by Gasteiger charge is -2.31. The van der Waals surface area contributed by atoms with Gasteiger partial charge in [-0.2, -0.15) is 0 Å². The second kappa shape index (κ2) is 9.24. The Morgan fingerprint density at radius 3 is 2.61 bits per heavy atom. The number of nitrogens with two attached hydrogens (primary N) is 1. The van der Waals surface area contributed by atoms with Crippen molar-refractivity contribution < 1.29 is 17.6 Å². The van der Waals surface area contributed by atoms with Gasteiger partial charge in [0.05, 0.1) is 16.8 Å². The number of rotatable bonds is 7. The third-order valence-corrected chi connectivity index (χ3v) is 8.34. The van der Waals surface area contributed by atoms with E-state index in [0.29, 0.717) is 54.7 Å². The number of aromatic nitrogens is 1. The summed E-state index contributed by atoms with van der Waals surface area (Å²) in [5, 5.41) is 3.88. The van der Waals surface area contributed by atoms with E-state index >= 15 is 0 Å². The molecule has 0 bridgehead atoms. The minimum absolute atomic E-state index is 0.0915. The molecule has 1 fully saturated rings. The van der Waals surface area contributed by atoms with E-state index in [9.17, 15) is 17.6 Å². The number of piperidine rings is 1. The molecule has 0 atom stereocenters. The number of sulfonamides is 1. The highest BCUT2D eigenvalue weighted by Gasteiger charge is 2.29. The van der Waals surface area contributed by atoms with Crippen molar-refractivity contribution in [2.45, 2.75) is 32.2 Å². The van der Waals surface area contributed by atoms with Gasteiger partial charge in [0.15, 0.2) is 0 Å². The quantitative estimate of drug-likeness (QED) is 0.490. The number of nitrogens with one attached hydrogen (secondary N) is 2. The van der Waals surface area contributed by atoms with Crippen molar-refractivity contribution in [3.05, 3.63) is 59.0 Å². The van der Waals surface area contributed by atoms with Crippen LogP contribution in [0.5, 0.6) is 0 Å². The maximum Gasteiger partial charge on any atom is 0.250 e. The van der Waals surface area contributed by atoms with Crippen LogP contribution in [0.3, 0.4) is 0 Å². The number of benzene rings is 2. The Kier molecular flexibility index (Phi) is 6.56. The molecular weight excluding hydrogens is 443 g/mol. The summed E-state index contributed by atoms with van der Waals surface area (Å²) >= 11 is 0. The van der Waals surface area contributed by atoms with E-state index in [1.165, 1.54) is 6.07 Å². The van der Waals surface area contributed by atoms with Crippen molar-refractivity contribution in [1.82, 2.24) is 14.6 Å². The van der Waals surface area contributed by atoms with Crippen LogP contribution >= 0.6 is 0 Å². The van der Waals surface area contributed by atoms with E-state index in [1.54, 1.807) is 29.4 Å². The molecule has 4 rings (SSSR count). The molecule has 7 nitrogen and oxygen atoms in total. The fourth-order valence-corrected chi connectivity index (χ4v) is 5.81. The van der Waals surface area contributed by atoms with Gasteiger partial charge in [0.2, 0.25) is 10.0 Å². The summed E-state index contributed by atoms with van der Waals surface area (Å²) in [4.78, 5) is 15.4. The first kappa shape index (κ1) is 23.4. The summed E-state index contributed by atoms with van der Waals surface area (Å²) in [6.45, 7) is 3.15. The number of halogens is 1. The van der Waals surface area contributed by atoms with Crippen molar-refractivity contribution >= 4 is 26.8 Å². The molecule has 1 aliphatic rings. The third kappa shape index (κ3) is 4.53. The fraction of sp³-hybridized carbons (Fsp3) is 0.375. The van der Waals surface area contributed by atoms with E-state index in [2.05, 4.69) is 10.3 Å². The zero-order valence-electron chi connectivity index (χ0n) is 18.8. The zero-order valence-corrected chi connectivity index (χ0v) is 19.6. The molecule has 4 N–H and O–H groups in total. The van der Waals surface area contributed by atoms with Crippen molar-refractivity contribution in [3.8, 4) is 11.1 Å². The molecule has 0 spiro atoms. The number of fused-ring (bicyclic) bond motifs is 1. The average Bonchev–Trinajstić information content (AvgIpc) is 3.23. The smallest absolute Gasteiger partial charge is 0.250 e. The van der Waals surface area contributed by atoms with Crippen molar-refractivity contribution in [2.75, 3.05) is 25.9 Å². The number of nitrogens with zero attached hydrogens (tertiary/aromatic N) is 1. The van der Waals surface area contributed by atoms with Gasteiger partial charge in [0.25, 0.3) is 5.91 Å². The van der Waals surface area contributed by atoms with E-state index < -0.39 is 15.9 Å². The van der Waals surface area contributed by atoms with Crippen LogP contribution < -0.4 is 11.1 Å². The highest BCUT2D eigenvalue weighted by Crippen LogP contribution is 2.37. The van der Waals surface area contributed by atoms with Gasteiger partial charge in [-0.3, -0.25) is 4.79 Å². The van der Waals surface area contributed by atoms with Crippen molar-refractivity contribution in [3.63, 3.8) is 0 Å².